The second-order valence-electron chi connectivity index (χ2n) is 10.2. The van der Waals surface area contributed by atoms with E-state index in [0.29, 0.717) is 18.4 Å². The number of fused-ring (bicyclic) bond motifs is 3. The highest BCUT2D eigenvalue weighted by Gasteiger charge is 2.64. The number of epoxide rings is 1. The summed E-state index contributed by atoms with van der Waals surface area (Å²) >= 11 is 0. The Balaban J connectivity index is 1.18. The Bertz CT molecular complexity index is 837. The van der Waals surface area contributed by atoms with Gasteiger partial charge in [0, 0.05) is 12.5 Å². The molecule has 0 amide bonds. The predicted molar refractivity (Wildman–Crippen MR) is 116 cm³/mol. The molecule has 6 heteroatoms. The fourth-order valence-electron chi connectivity index (χ4n) is 6.72. The molecule has 4 fully saturated rings. The SMILES string of the molecule is COc1ccc(CCNC[C@@H]2C(=O)O[C@@H]3C[C@@]4(C)CCC[C@]5(CO5)[C@@H]4C[C@@H]23)cc1OC. The molecule has 6 nitrogen and oxygen atoms in total. The van der Waals surface area contributed by atoms with Gasteiger partial charge in [0.25, 0.3) is 0 Å². The van der Waals surface area contributed by atoms with Crippen LogP contribution in [0.2, 0.25) is 0 Å². The van der Waals surface area contributed by atoms with Crippen LogP contribution < -0.4 is 14.8 Å². The average molecular weight is 430 g/mol. The third-order valence-corrected chi connectivity index (χ3v) is 8.48. The zero-order chi connectivity index (χ0) is 21.6. The van der Waals surface area contributed by atoms with E-state index in [9.17, 15) is 4.79 Å². The third-order valence-electron chi connectivity index (χ3n) is 8.48. The summed E-state index contributed by atoms with van der Waals surface area (Å²) in [5.41, 5.74) is 1.54. The van der Waals surface area contributed by atoms with Crippen LogP contribution in [0.3, 0.4) is 0 Å². The highest BCUT2D eigenvalue weighted by atomic mass is 16.6. The minimum atomic E-state index is -0.0438. The number of carbonyl (C=O) groups excluding carboxylic acids is 1. The van der Waals surface area contributed by atoms with Crippen LogP contribution in [0, 0.1) is 23.2 Å². The van der Waals surface area contributed by atoms with Gasteiger partial charge in [0.15, 0.2) is 11.5 Å². The molecule has 5 rings (SSSR count). The Morgan fingerprint density at radius 2 is 2.00 bits per heavy atom. The van der Waals surface area contributed by atoms with Crippen LogP contribution in [0.1, 0.15) is 44.6 Å². The van der Waals surface area contributed by atoms with Crippen molar-refractivity contribution in [2.75, 3.05) is 33.9 Å². The normalized spacial score (nSPS) is 38.4. The van der Waals surface area contributed by atoms with Gasteiger partial charge in [-0.25, -0.2) is 0 Å². The summed E-state index contributed by atoms with van der Waals surface area (Å²) in [7, 11) is 3.30. The first-order valence-electron chi connectivity index (χ1n) is 11.7. The maximum atomic E-state index is 12.7. The van der Waals surface area contributed by atoms with Crippen LogP contribution in [0.15, 0.2) is 18.2 Å². The molecule has 0 bridgehead atoms. The summed E-state index contributed by atoms with van der Waals surface area (Å²) < 4.78 is 22.6. The molecule has 4 aliphatic rings. The van der Waals surface area contributed by atoms with Crippen LogP contribution in [0.25, 0.3) is 0 Å². The Kier molecular flexibility index (Phi) is 5.41. The molecule has 1 spiro atoms. The number of hydrogen-bond acceptors (Lipinski definition) is 6. The summed E-state index contributed by atoms with van der Waals surface area (Å²) in [5, 5.41) is 3.52. The van der Waals surface area contributed by atoms with E-state index in [4.69, 9.17) is 18.9 Å². The lowest BCUT2D eigenvalue weighted by molar-refractivity contribution is -0.147. The number of hydrogen-bond donors (Lipinski definition) is 1. The topological polar surface area (TPSA) is 69.3 Å². The van der Waals surface area contributed by atoms with Crippen molar-refractivity contribution in [1.82, 2.24) is 5.32 Å². The van der Waals surface area contributed by atoms with E-state index in [1.54, 1.807) is 14.2 Å². The number of ether oxygens (including phenoxy) is 4. The zero-order valence-electron chi connectivity index (χ0n) is 18.9. The van der Waals surface area contributed by atoms with Crippen molar-refractivity contribution in [2.45, 2.75) is 57.2 Å². The number of esters is 1. The van der Waals surface area contributed by atoms with Crippen molar-refractivity contribution < 1.29 is 23.7 Å². The first-order chi connectivity index (χ1) is 15.0. The maximum absolute atomic E-state index is 12.7. The lowest BCUT2D eigenvalue weighted by Gasteiger charge is -2.51. The summed E-state index contributed by atoms with van der Waals surface area (Å²) in [4.78, 5) is 12.7. The number of benzene rings is 1. The van der Waals surface area contributed by atoms with E-state index in [-0.39, 0.29) is 29.0 Å². The molecule has 0 radical (unpaired) electrons. The van der Waals surface area contributed by atoms with E-state index >= 15 is 0 Å². The van der Waals surface area contributed by atoms with Crippen LogP contribution in [-0.4, -0.2) is 51.6 Å². The Labute approximate surface area is 185 Å². The van der Waals surface area contributed by atoms with E-state index in [0.717, 1.165) is 43.9 Å². The monoisotopic (exact) mass is 429 g/mol. The minimum absolute atomic E-state index is 0.0124. The second-order valence-corrected chi connectivity index (χ2v) is 10.2. The van der Waals surface area contributed by atoms with Crippen LogP contribution in [0.5, 0.6) is 11.5 Å². The summed E-state index contributed by atoms with van der Waals surface area (Å²) in [6.45, 7) is 4.81. The van der Waals surface area contributed by atoms with Gasteiger partial charge in [0.2, 0.25) is 0 Å². The molecular formula is C25H35NO5. The smallest absolute Gasteiger partial charge is 0.310 e. The molecular weight excluding hydrogens is 394 g/mol. The van der Waals surface area contributed by atoms with E-state index in [1.165, 1.54) is 24.8 Å². The Morgan fingerprint density at radius 1 is 1.19 bits per heavy atom. The average Bonchev–Trinajstić information content (AvgIpc) is 3.46. The van der Waals surface area contributed by atoms with E-state index < -0.39 is 0 Å². The van der Waals surface area contributed by atoms with Gasteiger partial charge >= 0.3 is 5.97 Å². The van der Waals surface area contributed by atoms with Crippen molar-refractivity contribution in [1.29, 1.82) is 0 Å². The van der Waals surface area contributed by atoms with Gasteiger partial charge in [0.1, 0.15) is 6.10 Å². The quantitative estimate of drug-likeness (QED) is 0.407. The van der Waals surface area contributed by atoms with Crippen molar-refractivity contribution in [3.63, 3.8) is 0 Å². The molecule has 2 saturated carbocycles. The fourth-order valence-corrected chi connectivity index (χ4v) is 6.72. The fraction of sp³-hybridized carbons (Fsp3) is 0.720. The third kappa shape index (κ3) is 3.72. The van der Waals surface area contributed by atoms with Gasteiger partial charge < -0.3 is 24.3 Å². The molecule has 1 N–H and O–H groups in total. The second kappa shape index (κ2) is 7.96. The number of methoxy groups -OCH3 is 2. The zero-order valence-corrected chi connectivity index (χ0v) is 18.9. The lowest BCUT2D eigenvalue weighted by atomic mass is 9.53. The molecule has 170 valence electrons. The molecule has 6 atom stereocenters. The van der Waals surface area contributed by atoms with Crippen LogP contribution in [-0.2, 0) is 20.7 Å². The van der Waals surface area contributed by atoms with Crippen molar-refractivity contribution in [3.05, 3.63) is 23.8 Å². The molecule has 1 aromatic carbocycles. The molecule has 2 aliphatic heterocycles. The standard InChI is InChI=1S/C25H35NO5/c1-24-8-4-9-25(15-30-25)22(24)12-17-18(23(27)31-21(17)13-24)14-26-10-7-16-5-6-19(28-2)20(11-16)29-3/h5-6,11,17-18,21-22,26H,4,7-10,12-15H2,1-3H3/t17-,18-,21+,22+,24+,25-/m0/s1. The number of carbonyl (C=O) groups is 1. The number of nitrogens with one attached hydrogen (secondary N) is 1. The summed E-state index contributed by atoms with van der Waals surface area (Å²) in [6, 6.07) is 6.01. The van der Waals surface area contributed by atoms with Gasteiger partial charge in [-0.05, 0) is 74.1 Å². The molecule has 2 heterocycles. The highest BCUT2D eigenvalue weighted by molar-refractivity contribution is 5.75. The van der Waals surface area contributed by atoms with Gasteiger partial charge in [-0.15, -0.1) is 0 Å². The molecule has 2 saturated heterocycles. The molecule has 2 aliphatic carbocycles. The first-order valence-corrected chi connectivity index (χ1v) is 11.7. The largest absolute Gasteiger partial charge is 0.493 e. The van der Waals surface area contributed by atoms with Gasteiger partial charge in [-0.1, -0.05) is 13.0 Å². The molecule has 0 aromatic heterocycles. The molecule has 0 unspecified atom stereocenters. The highest BCUT2D eigenvalue weighted by Crippen LogP contribution is 2.62. The lowest BCUT2D eigenvalue weighted by Crippen LogP contribution is -2.51. The minimum Gasteiger partial charge on any atom is -0.493 e. The Hall–Kier alpha value is -1.79. The van der Waals surface area contributed by atoms with Gasteiger partial charge in [-0.2, -0.15) is 0 Å². The van der Waals surface area contributed by atoms with Gasteiger partial charge in [-0.3, -0.25) is 4.79 Å². The maximum Gasteiger partial charge on any atom is 0.310 e. The molecule has 31 heavy (non-hydrogen) atoms. The Morgan fingerprint density at radius 3 is 2.74 bits per heavy atom. The molecule has 1 aromatic rings. The van der Waals surface area contributed by atoms with Crippen LogP contribution in [0.4, 0.5) is 0 Å². The number of rotatable bonds is 7. The van der Waals surface area contributed by atoms with E-state index in [2.05, 4.69) is 18.3 Å². The van der Waals surface area contributed by atoms with Crippen molar-refractivity contribution in [2.24, 2.45) is 23.2 Å². The van der Waals surface area contributed by atoms with Crippen LogP contribution >= 0.6 is 0 Å². The van der Waals surface area contributed by atoms with Crippen molar-refractivity contribution >= 4 is 5.97 Å². The predicted octanol–water partition coefficient (Wildman–Crippen LogP) is 3.36. The summed E-state index contributed by atoms with van der Waals surface area (Å²) in [6.07, 6.45) is 6.68. The van der Waals surface area contributed by atoms with Gasteiger partial charge in [0.05, 0.1) is 32.3 Å². The van der Waals surface area contributed by atoms with Crippen molar-refractivity contribution in [3.8, 4) is 11.5 Å². The first kappa shape index (κ1) is 21.1. The summed E-state index contributed by atoms with van der Waals surface area (Å²) in [5.74, 6) is 2.32. The van der Waals surface area contributed by atoms with E-state index in [1.807, 2.05) is 12.1 Å².